The van der Waals surface area contributed by atoms with Crippen molar-refractivity contribution in [1.29, 1.82) is 0 Å². The van der Waals surface area contributed by atoms with E-state index >= 15 is 0 Å². The number of unbranched alkanes of at least 4 members (excludes halogenated alkanes) is 1. The Hall–Kier alpha value is -2.86. The number of benzene rings is 2. The van der Waals surface area contributed by atoms with E-state index in [4.69, 9.17) is 10.5 Å². The summed E-state index contributed by atoms with van der Waals surface area (Å²) >= 11 is 0. The Morgan fingerprint density at radius 1 is 1.18 bits per heavy atom. The number of nitrogens with two attached hydrogens (primary N) is 1. The van der Waals surface area contributed by atoms with Crippen LogP contribution in [0.4, 0.5) is 5.69 Å². The molecule has 2 aromatic carbocycles. The Kier molecular flexibility index (Phi) is 6.66. The van der Waals surface area contributed by atoms with E-state index in [1.54, 1.807) is 4.90 Å². The fraction of sp³-hybridized carbons (Fsp3) is 0.364. The lowest BCUT2D eigenvalue weighted by Crippen LogP contribution is -2.41. The largest absolute Gasteiger partial charge is 0.494 e. The summed E-state index contributed by atoms with van der Waals surface area (Å²) in [5, 5.41) is 9.19. The van der Waals surface area contributed by atoms with Gasteiger partial charge >= 0.3 is 5.97 Å². The molecule has 148 valence electrons. The standard InChI is InChI=1S/C22H26N2O4/c23-10-4-5-11-28-19-9-8-17-12-18(13-21(25)26)22(27)24(20(17)14-19)15-16-6-2-1-3-7-16/h1-3,6-9,14,18H,4-5,10-13,15,23H2,(H,25,26). The van der Waals surface area contributed by atoms with Gasteiger partial charge in [-0.05, 0) is 43.0 Å². The van der Waals surface area contributed by atoms with Gasteiger partial charge < -0.3 is 20.5 Å². The molecule has 1 aliphatic heterocycles. The van der Waals surface area contributed by atoms with Gasteiger partial charge in [-0.25, -0.2) is 0 Å². The molecule has 0 aliphatic carbocycles. The number of carbonyl (C=O) groups excluding carboxylic acids is 1. The fourth-order valence-electron chi connectivity index (χ4n) is 3.48. The average Bonchev–Trinajstić information content (AvgIpc) is 2.69. The molecule has 0 aromatic heterocycles. The molecule has 1 unspecified atom stereocenters. The first kappa shape index (κ1) is 19.9. The van der Waals surface area contributed by atoms with Crippen molar-refractivity contribution in [3.8, 4) is 5.75 Å². The Morgan fingerprint density at radius 3 is 2.68 bits per heavy atom. The number of fused-ring (bicyclic) bond motifs is 1. The van der Waals surface area contributed by atoms with Crippen LogP contribution in [0.1, 0.15) is 30.4 Å². The summed E-state index contributed by atoms with van der Waals surface area (Å²) in [6, 6.07) is 15.4. The molecule has 0 radical (unpaired) electrons. The number of amides is 1. The Labute approximate surface area is 164 Å². The van der Waals surface area contributed by atoms with Crippen LogP contribution in [0.5, 0.6) is 5.75 Å². The summed E-state index contributed by atoms with van der Waals surface area (Å²) in [6.45, 7) is 1.61. The number of rotatable bonds is 9. The lowest BCUT2D eigenvalue weighted by atomic mass is 9.89. The number of anilines is 1. The predicted octanol–water partition coefficient (Wildman–Crippen LogP) is 2.98. The van der Waals surface area contributed by atoms with Gasteiger partial charge in [-0.1, -0.05) is 36.4 Å². The zero-order chi connectivity index (χ0) is 19.9. The van der Waals surface area contributed by atoms with E-state index in [-0.39, 0.29) is 12.3 Å². The molecule has 1 amide bonds. The molecule has 0 bridgehead atoms. The van der Waals surface area contributed by atoms with E-state index in [1.807, 2.05) is 48.5 Å². The van der Waals surface area contributed by atoms with Crippen molar-refractivity contribution in [2.24, 2.45) is 11.7 Å². The van der Waals surface area contributed by atoms with Crippen molar-refractivity contribution in [2.75, 3.05) is 18.1 Å². The van der Waals surface area contributed by atoms with E-state index < -0.39 is 11.9 Å². The molecule has 1 heterocycles. The number of carboxylic acids is 1. The zero-order valence-corrected chi connectivity index (χ0v) is 15.8. The molecule has 0 saturated carbocycles. The third kappa shape index (κ3) is 4.89. The highest BCUT2D eigenvalue weighted by Crippen LogP contribution is 2.36. The van der Waals surface area contributed by atoms with Gasteiger partial charge in [0.1, 0.15) is 5.75 Å². The topological polar surface area (TPSA) is 92.9 Å². The van der Waals surface area contributed by atoms with Crippen LogP contribution < -0.4 is 15.4 Å². The summed E-state index contributed by atoms with van der Waals surface area (Å²) in [6.07, 6.45) is 2.04. The molecule has 1 aliphatic rings. The van der Waals surface area contributed by atoms with Gasteiger partial charge in [-0.2, -0.15) is 0 Å². The normalized spacial score (nSPS) is 16.0. The van der Waals surface area contributed by atoms with Crippen molar-refractivity contribution in [2.45, 2.75) is 32.2 Å². The van der Waals surface area contributed by atoms with Crippen LogP contribution in [0.15, 0.2) is 48.5 Å². The van der Waals surface area contributed by atoms with E-state index in [0.29, 0.717) is 31.9 Å². The Morgan fingerprint density at radius 2 is 1.96 bits per heavy atom. The van der Waals surface area contributed by atoms with Gasteiger partial charge in [0.15, 0.2) is 0 Å². The SMILES string of the molecule is NCCCCOc1ccc2c(c1)N(Cc1ccccc1)C(=O)C(CC(=O)O)C2. The lowest BCUT2D eigenvalue weighted by Gasteiger charge is -2.34. The van der Waals surface area contributed by atoms with Crippen molar-refractivity contribution in [3.05, 3.63) is 59.7 Å². The number of aliphatic carboxylic acids is 1. The molecule has 3 N–H and O–H groups in total. The number of hydrogen-bond acceptors (Lipinski definition) is 4. The molecule has 3 rings (SSSR count). The molecule has 0 fully saturated rings. The first-order valence-electron chi connectivity index (χ1n) is 9.61. The number of carbonyl (C=O) groups is 2. The minimum Gasteiger partial charge on any atom is -0.494 e. The zero-order valence-electron chi connectivity index (χ0n) is 15.8. The quantitative estimate of drug-likeness (QED) is 0.651. The van der Waals surface area contributed by atoms with Gasteiger partial charge in [0, 0.05) is 6.07 Å². The maximum absolute atomic E-state index is 13.0. The number of nitrogens with zero attached hydrogens (tertiary/aromatic N) is 1. The van der Waals surface area contributed by atoms with Crippen LogP contribution in [-0.2, 0) is 22.6 Å². The molecule has 0 spiro atoms. The lowest BCUT2D eigenvalue weighted by molar-refractivity contribution is -0.140. The third-order valence-electron chi connectivity index (χ3n) is 4.90. The molecule has 0 saturated heterocycles. The molecular formula is C22H26N2O4. The molecular weight excluding hydrogens is 356 g/mol. The Bertz CT molecular complexity index is 823. The van der Waals surface area contributed by atoms with Crippen LogP contribution in [-0.4, -0.2) is 30.1 Å². The molecule has 1 atom stereocenters. The number of hydrogen-bond donors (Lipinski definition) is 2. The summed E-state index contributed by atoms with van der Waals surface area (Å²) in [5.41, 5.74) is 8.27. The maximum atomic E-state index is 13.0. The summed E-state index contributed by atoms with van der Waals surface area (Å²) in [4.78, 5) is 26.0. The van der Waals surface area contributed by atoms with Crippen molar-refractivity contribution < 1.29 is 19.4 Å². The molecule has 6 nitrogen and oxygen atoms in total. The monoisotopic (exact) mass is 382 g/mol. The smallest absolute Gasteiger partial charge is 0.304 e. The average molecular weight is 382 g/mol. The van der Waals surface area contributed by atoms with Gasteiger partial charge in [0.25, 0.3) is 0 Å². The summed E-state index contributed by atoms with van der Waals surface area (Å²) in [5.74, 6) is -0.955. The van der Waals surface area contributed by atoms with E-state index in [1.165, 1.54) is 0 Å². The highest BCUT2D eigenvalue weighted by atomic mass is 16.5. The fourth-order valence-corrected chi connectivity index (χ4v) is 3.48. The van der Waals surface area contributed by atoms with E-state index in [2.05, 4.69) is 0 Å². The second kappa shape index (κ2) is 9.37. The third-order valence-corrected chi connectivity index (χ3v) is 4.90. The van der Waals surface area contributed by atoms with Gasteiger partial charge in [-0.15, -0.1) is 0 Å². The van der Waals surface area contributed by atoms with Crippen LogP contribution in [0.3, 0.4) is 0 Å². The van der Waals surface area contributed by atoms with Gasteiger partial charge in [-0.3, -0.25) is 9.59 Å². The number of ether oxygens (including phenoxy) is 1. The second-order valence-electron chi connectivity index (χ2n) is 7.04. The first-order valence-corrected chi connectivity index (χ1v) is 9.61. The maximum Gasteiger partial charge on any atom is 0.304 e. The van der Waals surface area contributed by atoms with Crippen molar-refractivity contribution >= 4 is 17.6 Å². The molecule has 6 heteroatoms. The summed E-state index contributed by atoms with van der Waals surface area (Å²) < 4.78 is 5.81. The molecule has 28 heavy (non-hydrogen) atoms. The number of carboxylic acid groups (broad SMARTS) is 1. The minimum absolute atomic E-state index is 0.154. The van der Waals surface area contributed by atoms with Crippen LogP contribution in [0.2, 0.25) is 0 Å². The van der Waals surface area contributed by atoms with Crippen LogP contribution >= 0.6 is 0 Å². The van der Waals surface area contributed by atoms with Crippen LogP contribution in [0, 0.1) is 5.92 Å². The highest BCUT2D eigenvalue weighted by molar-refractivity contribution is 5.99. The van der Waals surface area contributed by atoms with Crippen LogP contribution in [0.25, 0.3) is 0 Å². The molecule has 2 aromatic rings. The second-order valence-corrected chi connectivity index (χ2v) is 7.04. The Balaban J connectivity index is 1.87. The minimum atomic E-state index is -0.957. The summed E-state index contributed by atoms with van der Waals surface area (Å²) in [7, 11) is 0. The van der Waals surface area contributed by atoms with Gasteiger partial charge in [0.05, 0.1) is 31.2 Å². The first-order chi connectivity index (χ1) is 13.6. The van der Waals surface area contributed by atoms with E-state index in [9.17, 15) is 14.7 Å². The van der Waals surface area contributed by atoms with Crippen molar-refractivity contribution in [3.63, 3.8) is 0 Å². The predicted molar refractivity (Wildman–Crippen MR) is 107 cm³/mol. The highest BCUT2D eigenvalue weighted by Gasteiger charge is 2.34. The van der Waals surface area contributed by atoms with E-state index in [0.717, 1.165) is 29.7 Å². The van der Waals surface area contributed by atoms with Crippen molar-refractivity contribution in [1.82, 2.24) is 0 Å². The van der Waals surface area contributed by atoms with Gasteiger partial charge in [0.2, 0.25) is 5.91 Å².